The van der Waals surface area contributed by atoms with E-state index in [1.807, 2.05) is 6.92 Å². The third-order valence-electron chi connectivity index (χ3n) is 3.46. The Hall–Kier alpha value is -2.05. The van der Waals surface area contributed by atoms with Gasteiger partial charge in [-0.25, -0.2) is 0 Å². The first-order chi connectivity index (χ1) is 8.97. The number of nitrogens with zero attached hydrogens (tertiary/aromatic N) is 3. The molecule has 1 aromatic heterocycles. The molecule has 19 heavy (non-hydrogen) atoms. The van der Waals surface area contributed by atoms with Gasteiger partial charge in [0.15, 0.2) is 0 Å². The molecule has 2 amide bonds. The largest absolute Gasteiger partial charge is 0.395 e. The zero-order chi connectivity index (χ0) is 14.2. The molecule has 1 unspecified atom stereocenters. The number of rotatable bonds is 2. The minimum absolute atomic E-state index is 0.143. The van der Waals surface area contributed by atoms with Crippen molar-refractivity contribution in [2.75, 3.05) is 18.8 Å². The molecule has 1 saturated heterocycles. The highest BCUT2D eigenvalue weighted by atomic mass is 16.2. The molecule has 1 fully saturated rings. The van der Waals surface area contributed by atoms with Crippen LogP contribution in [-0.2, 0) is 18.3 Å². The van der Waals surface area contributed by atoms with Gasteiger partial charge in [0.1, 0.15) is 11.7 Å². The van der Waals surface area contributed by atoms with Gasteiger partial charge in [-0.05, 0) is 13.3 Å². The molecule has 0 radical (unpaired) electrons. The molecule has 0 bridgehead atoms. The average Bonchev–Trinajstić information content (AvgIpc) is 2.67. The van der Waals surface area contributed by atoms with Crippen molar-refractivity contribution in [1.29, 1.82) is 0 Å². The minimum Gasteiger partial charge on any atom is -0.395 e. The van der Waals surface area contributed by atoms with Gasteiger partial charge in [-0.3, -0.25) is 14.3 Å². The Morgan fingerprint density at radius 3 is 2.84 bits per heavy atom. The van der Waals surface area contributed by atoms with Crippen LogP contribution in [0.1, 0.15) is 30.0 Å². The summed E-state index contributed by atoms with van der Waals surface area (Å²) in [4.78, 5) is 25.7. The smallest absolute Gasteiger partial charge is 0.275 e. The molecule has 1 aromatic rings. The first-order valence-corrected chi connectivity index (χ1v) is 6.37. The van der Waals surface area contributed by atoms with Crippen LogP contribution in [0.5, 0.6) is 0 Å². The van der Waals surface area contributed by atoms with Crippen molar-refractivity contribution >= 4 is 17.5 Å². The number of aryl methyl sites for hydroxylation is 2. The Kier molecular flexibility index (Phi) is 3.46. The van der Waals surface area contributed by atoms with Crippen molar-refractivity contribution in [3.63, 3.8) is 0 Å². The van der Waals surface area contributed by atoms with Crippen LogP contribution in [0.3, 0.4) is 0 Å². The van der Waals surface area contributed by atoms with E-state index in [0.717, 1.165) is 0 Å². The van der Waals surface area contributed by atoms with Gasteiger partial charge in [0.2, 0.25) is 5.91 Å². The third-order valence-corrected chi connectivity index (χ3v) is 3.46. The van der Waals surface area contributed by atoms with Gasteiger partial charge in [-0.15, -0.1) is 0 Å². The molecule has 7 nitrogen and oxygen atoms in total. The van der Waals surface area contributed by atoms with Gasteiger partial charge >= 0.3 is 0 Å². The minimum atomic E-state index is -0.486. The summed E-state index contributed by atoms with van der Waals surface area (Å²) in [7, 11) is 1.69. The Morgan fingerprint density at radius 1 is 1.58 bits per heavy atom. The van der Waals surface area contributed by atoms with Crippen molar-refractivity contribution < 1.29 is 9.59 Å². The Balaban J connectivity index is 2.34. The predicted octanol–water partition coefficient (Wildman–Crippen LogP) is -0.475. The summed E-state index contributed by atoms with van der Waals surface area (Å²) in [5.74, 6) is -0.384. The lowest BCUT2D eigenvalue weighted by molar-refractivity contribution is -0.127. The van der Waals surface area contributed by atoms with Gasteiger partial charge in [0.05, 0.1) is 11.4 Å². The lowest BCUT2D eigenvalue weighted by Crippen LogP contribution is -2.56. The summed E-state index contributed by atoms with van der Waals surface area (Å²) in [6.45, 7) is 4.59. The fourth-order valence-corrected chi connectivity index (χ4v) is 2.31. The van der Waals surface area contributed by atoms with E-state index in [-0.39, 0.29) is 11.8 Å². The Bertz CT molecular complexity index is 522. The van der Waals surface area contributed by atoms with Crippen LogP contribution in [0.2, 0.25) is 0 Å². The Labute approximate surface area is 111 Å². The second kappa shape index (κ2) is 4.91. The number of hydrogen-bond donors (Lipinski definition) is 2. The van der Waals surface area contributed by atoms with Gasteiger partial charge < -0.3 is 16.0 Å². The molecule has 1 atom stereocenters. The maximum atomic E-state index is 12.5. The van der Waals surface area contributed by atoms with E-state index in [1.54, 1.807) is 14.0 Å². The summed E-state index contributed by atoms with van der Waals surface area (Å²) in [6.07, 6.45) is 0.670. The number of nitrogen functional groups attached to an aromatic ring is 1. The number of carbonyl (C=O) groups is 2. The van der Waals surface area contributed by atoms with E-state index in [2.05, 4.69) is 10.4 Å². The number of aromatic nitrogens is 2. The van der Waals surface area contributed by atoms with Gasteiger partial charge in [-0.2, -0.15) is 5.10 Å². The van der Waals surface area contributed by atoms with Crippen LogP contribution in [0.25, 0.3) is 0 Å². The molecule has 0 aliphatic carbocycles. The zero-order valence-corrected chi connectivity index (χ0v) is 11.4. The summed E-state index contributed by atoms with van der Waals surface area (Å²) in [6, 6.07) is -0.486. The standard InChI is InChI=1S/C12H19N5O2/c1-4-8-9(13)10(16(3)15-8)12(19)17-6-5-14-11(18)7(17)2/h7H,4-6,13H2,1-3H3,(H,14,18). The number of nitrogens with one attached hydrogen (secondary N) is 1. The fraction of sp³-hybridized carbons (Fsp3) is 0.583. The molecular weight excluding hydrogens is 246 g/mol. The number of nitrogens with two attached hydrogens (primary N) is 1. The molecule has 104 valence electrons. The highest BCUT2D eigenvalue weighted by Gasteiger charge is 2.32. The summed E-state index contributed by atoms with van der Waals surface area (Å²) < 4.78 is 1.50. The van der Waals surface area contributed by atoms with Gasteiger partial charge in [-0.1, -0.05) is 6.92 Å². The first kappa shape index (κ1) is 13.4. The van der Waals surface area contributed by atoms with Crippen molar-refractivity contribution in [1.82, 2.24) is 20.0 Å². The van der Waals surface area contributed by atoms with Crippen molar-refractivity contribution in [3.05, 3.63) is 11.4 Å². The number of amides is 2. The fourth-order valence-electron chi connectivity index (χ4n) is 2.31. The molecular formula is C12H19N5O2. The maximum absolute atomic E-state index is 12.5. The van der Waals surface area contributed by atoms with Crippen LogP contribution < -0.4 is 11.1 Å². The maximum Gasteiger partial charge on any atom is 0.275 e. The van der Waals surface area contributed by atoms with E-state index in [9.17, 15) is 9.59 Å². The number of piperazine rings is 1. The van der Waals surface area contributed by atoms with Crippen LogP contribution in [0.4, 0.5) is 5.69 Å². The zero-order valence-electron chi connectivity index (χ0n) is 11.4. The van der Waals surface area contributed by atoms with Gasteiger partial charge in [0, 0.05) is 20.1 Å². The van der Waals surface area contributed by atoms with Crippen LogP contribution in [-0.4, -0.2) is 45.6 Å². The molecule has 0 spiro atoms. The van der Waals surface area contributed by atoms with E-state index in [1.165, 1.54) is 9.58 Å². The summed E-state index contributed by atoms with van der Waals surface area (Å²) in [5.41, 5.74) is 7.45. The van der Waals surface area contributed by atoms with E-state index in [0.29, 0.717) is 36.6 Å². The van der Waals surface area contributed by atoms with Crippen LogP contribution in [0.15, 0.2) is 0 Å². The first-order valence-electron chi connectivity index (χ1n) is 6.37. The normalized spacial score (nSPS) is 19.4. The Morgan fingerprint density at radius 2 is 2.26 bits per heavy atom. The summed E-state index contributed by atoms with van der Waals surface area (Å²) in [5, 5.41) is 6.96. The number of anilines is 1. The molecule has 2 heterocycles. The summed E-state index contributed by atoms with van der Waals surface area (Å²) >= 11 is 0. The highest BCUT2D eigenvalue weighted by molar-refractivity contribution is 6.00. The molecule has 0 saturated carbocycles. The molecule has 7 heteroatoms. The lowest BCUT2D eigenvalue weighted by Gasteiger charge is -2.32. The number of hydrogen-bond acceptors (Lipinski definition) is 4. The monoisotopic (exact) mass is 265 g/mol. The topological polar surface area (TPSA) is 93.2 Å². The van der Waals surface area contributed by atoms with E-state index >= 15 is 0 Å². The van der Waals surface area contributed by atoms with Crippen molar-refractivity contribution in [2.24, 2.45) is 7.05 Å². The van der Waals surface area contributed by atoms with E-state index < -0.39 is 6.04 Å². The molecule has 1 aliphatic heterocycles. The SMILES string of the molecule is CCc1nn(C)c(C(=O)N2CCNC(=O)C2C)c1N. The number of carbonyl (C=O) groups excluding carboxylic acids is 2. The van der Waals surface area contributed by atoms with Crippen LogP contribution in [0, 0.1) is 0 Å². The van der Waals surface area contributed by atoms with Gasteiger partial charge in [0.25, 0.3) is 5.91 Å². The van der Waals surface area contributed by atoms with Crippen molar-refractivity contribution in [2.45, 2.75) is 26.3 Å². The second-order valence-electron chi connectivity index (χ2n) is 4.65. The molecule has 1 aliphatic rings. The lowest BCUT2D eigenvalue weighted by atomic mass is 10.1. The quantitative estimate of drug-likeness (QED) is 0.755. The molecule has 3 N–H and O–H groups in total. The van der Waals surface area contributed by atoms with Crippen LogP contribution >= 0.6 is 0 Å². The molecule has 2 rings (SSSR count). The third kappa shape index (κ3) is 2.16. The average molecular weight is 265 g/mol. The van der Waals surface area contributed by atoms with Crippen molar-refractivity contribution in [3.8, 4) is 0 Å². The predicted molar refractivity (Wildman–Crippen MR) is 70.5 cm³/mol. The molecule has 0 aromatic carbocycles. The van der Waals surface area contributed by atoms with E-state index in [4.69, 9.17) is 5.73 Å². The highest BCUT2D eigenvalue weighted by Crippen LogP contribution is 2.20. The second-order valence-corrected chi connectivity index (χ2v) is 4.65.